The van der Waals surface area contributed by atoms with E-state index in [0.717, 1.165) is 11.3 Å². The molecule has 0 bridgehead atoms. The van der Waals surface area contributed by atoms with Crippen molar-refractivity contribution in [2.45, 2.75) is 12.8 Å². The van der Waals surface area contributed by atoms with Crippen LogP contribution in [0.5, 0.6) is 11.5 Å². The van der Waals surface area contributed by atoms with Gasteiger partial charge in [0.15, 0.2) is 0 Å². The summed E-state index contributed by atoms with van der Waals surface area (Å²) in [5.41, 5.74) is 0.935. The topological polar surface area (TPSA) is 55.8 Å². The van der Waals surface area contributed by atoms with Crippen molar-refractivity contribution in [2.24, 2.45) is 0 Å². The number of hydrogen-bond acceptors (Lipinski definition) is 4. The van der Waals surface area contributed by atoms with E-state index in [4.69, 9.17) is 9.47 Å². The van der Waals surface area contributed by atoms with Crippen molar-refractivity contribution < 1.29 is 19.1 Å². The first-order valence-electron chi connectivity index (χ1n) is 8.06. The molecule has 2 aromatic rings. The van der Waals surface area contributed by atoms with Crippen LogP contribution in [-0.4, -0.2) is 30.4 Å². The monoisotopic (exact) mass is 337 g/mol. The van der Waals surface area contributed by atoms with Crippen LogP contribution >= 0.6 is 0 Å². The van der Waals surface area contributed by atoms with Crippen molar-refractivity contribution in [3.05, 3.63) is 65.9 Å². The van der Waals surface area contributed by atoms with E-state index in [9.17, 15) is 9.59 Å². The first-order chi connectivity index (χ1) is 12.2. The van der Waals surface area contributed by atoms with Crippen LogP contribution < -0.4 is 9.47 Å². The second kappa shape index (κ2) is 7.66. The molecule has 0 unspecified atom stereocenters. The predicted octanol–water partition coefficient (Wildman–Crippen LogP) is 3.26. The van der Waals surface area contributed by atoms with E-state index in [1.165, 1.54) is 4.90 Å². The summed E-state index contributed by atoms with van der Waals surface area (Å²) < 4.78 is 11.1. The molecule has 2 aromatic carbocycles. The number of likely N-dealkylation sites (tertiary alicyclic amines) is 1. The Hall–Kier alpha value is -3.08. The van der Waals surface area contributed by atoms with E-state index in [1.54, 1.807) is 31.4 Å². The molecule has 1 heterocycles. The summed E-state index contributed by atoms with van der Waals surface area (Å²) >= 11 is 0. The Morgan fingerprint density at radius 1 is 0.960 bits per heavy atom. The zero-order valence-electron chi connectivity index (χ0n) is 14.0. The normalized spacial score (nSPS) is 14.8. The maximum Gasteiger partial charge on any atom is 0.230 e. The average Bonchev–Trinajstić information content (AvgIpc) is 2.95. The Morgan fingerprint density at radius 2 is 1.56 bits per heavy atom. The quantitative estimate of drug-likeness (QED) is 0.600. The highest BCUT2D eigenvalue weighted by Crippen LogP contribution is 2.22. The fourth-order valence-corrected chi connectivity index (χ4v) is 2.59. The number of carbonyl (C=O) groups excluding carboxylic acids is 2. The van der Waals surface area contributed by atoms with Gasteiger partial charge in [0.2, 0.25) is 11.8 Å². The third-order valence-electron chi connectivity index (χ3n) is 3.90. The van der Waals surface area contributed by atoms with E-state index in [1.807, 2.05) is 36.4 Å². The Labute approximate surface area is 146 Å². The van der Waals surface area contributed by atoms with Crippen LogP contribution in [0.2, 0.25) is 0 Å². The molecule has 128 valence electrons. The second-order valence-corrected chi connectivity index (χ2v) is 5.67. The van der Waals surface area contributed by atoms with Gasteiger partial charge in [0.1, 0.15) is 17.3 Å². The lowest BCUT2D eigenvalue weighted by molar-refractivity contribution is -0.138. The number of imide groups is 1. The zero-order valence-corrected chi connectivity index (χ0v) is 14.0. The first kappa shape index (κ1) is 16.8. The van der Waals surface area contributed by atoms with Crippen LogP contribution in [-0.2, 0) is 9.59 Å². The van der Waals surface area contributed by atoms with Crippen LogP contribution in [0.25, 0.3) is 6.08 Å². The molecule has 0 spiro atoms. The standard InChI is InChI=1S/C20H19NO4/c1-24-16-7-9-17(10-8-16)25-18(13-15-5-3-2-4-6-15)14-21-19(22)11-12-20(21)23/h2-10,13H,11-12,14H2,1H3/b18-13-. The summed E-state index contributed by atoms with van der Waals surface area (Å²) in [7, 11) is 1.60. The molecule has 1 aliphatic rings. The Morgan fingerprint density at radius 3 is 2.16 bits per heavy atom. The number of rotatable bonds is 6. The first-order valence-corrected chi connectivity index (χ1v) is 8.06. The van der Waals surface area contributed by atoms with Crippen LogP contribution in [0.1, 0.15) is 18.4 Å². The molecule has 1 fully saturated rings. The molecule has 0 N–H and O–H groups in total. The Bertz CT molecular complexity index is 765. The number of hydrogen-bond donors (Lipinski definition) is 0. The lowest BCUT2D eigenvalue weighted by Gasteiger charge is -2.17. The molecule has 5 heteroatoms. The molecular weight excluding hydrogens is 318 g/mol. The summed E-state index contributed by atoms with van der Waals surface area (Å²) in [6.45, 7) is 0.124. The van der Waals surface area contributed by atoms with E-state index in [0.29, 0.717) is 11.5 Å². The number of methoxy groups -OCH3 is 1. The van der Waals surface area contributed by atoms with Crippen molar-refractivity contribution in [2.75, 3.05) is 13.7 Å². The molecular formula is C20H19NO4. The maximum atomic E-state index is 11.9. The van der Waals surface area contributed by atoms with Gasteiger partial charge >= 0.3 is 0 Å². The molecule has 1 aliphatic heterocycles. The molecule has 5 nitrogen and oxygen atoms in total. The zero-order chi connectivity index (χ0) is 17.6. The van der Waals surface area contributed by atoms with Crippen molar-refractivity contribution in [1.29, 1.82) is 0 Å². The number of carbonyl (C=O) groups is 2. The van der Waals surface area contributed by atoms with Gasteiger partial charge in [-0.2, -0.15) is 0 Å². The van der Waals surface area contributed by atoms with Gasteiger partial charge in [-0.1, -0.05) is 30.3 Å². The average molecular weight is 337 g/mol. The molecule has 0 atom stereocenters. The Balaban J connectivity index is 1.84. The maximum absolute atomic E-state index is 11.9. The van der Waals surface area contributed by atoms with E-state index >= 15 is 0 Å². The smallest absolute Gasteiger partial charge is 0.230 e. The van der Waals surface area contributed by atoms with Gasteiger partial charge < -0.3 is 9.47 Å². The highest BCUT2D eigenvalue weighted by molar-refractivity contribution is 6.02. The van der Waals surface area contributed by atoms with Gasteiger partial charge in [-0.05, 0) is 35.9 Å². The van der Waals surface area contributed by atoms with Crippen LogP contribution in [0.4, 0.5) is 0 Å². The van der Waals surface area contributed by atoms with Gasteiger partial charge in [0.05, 0.1) is 13.7 Å². The van der Waals surface area contributed by atoms with Crippen molar-refractivity contribution >= 4 is 17.9 Å². The van der Waals surface area contributed by atoms with Crippen molar-refractivity contribution in [3.8, 4) is 11.5 Å². The molecule has 0 aliphatic carbocycles. The fourth-order valence-electron chi connectivity index (χ4n) is 2.59. The summed E-state index contributed by atoms with van der Waals surface area (Å²) in [6.07, 6.45) is 2.36. The largest absolute Gasteiger partial charge is 0.497 e. The Kier molecular flexibility index (Phi) is 5.14. The van der Waals surface area contributed by atoms with Gasteiger partial charge in [0, 0.05) is 12.8 Å². The highest BCUT2D eigenvalue weighted by Gasteiger charge is 2.29. The van der Waals surface area contributed by atoms with Gasteiger partial charge in [-0.3, -0.25) is 14.5 Å². The van der Waals surface area contributed by atoms with Gasteiger partial charge in [-0.25, -0.2) is 0 Å². The lowest BCUT2D eigenvalue weighted by atomic mass is 10.2. The van der Waals surface area contributed by atoms with Crippen molar-refractivity contribution in [3.63, 3.8) is 0 Å². The van der Waals surface area contributed by atoms with E-state index in [2.05, 4.69) is 0 Å². The van der Waals surface area contributed by atoms with E-state index < -0.39 is 0 Å². The summed E-state index contributed by atoms with van der Waals surface area (Å²) in [6, 6.07) is 16.8. The molecule has 0 radical (unpaired) electrons. The van der Waals surface area contributed by atoms with Crippen LogP contribution in [0.15, 0.2) is 60.4 Å². The van der Waals surface area contributed by atoms with Gasteiger partial charge in [0.25, 0.3) is 0 Å². The van der Waals surface area contributed by atoms with Gasteiger partial charge in [-0.15, -0.1) is 0 Å². The number of nitrogens with zero attached hydrogens (tertiary/aromatic N) is 1. The minimum absolute atomic E-state index is 0.124. The second-order valence-electron chi connectivity index (χ2n) is 5.67. The minimum Gasteiger partial charge on any atom is -0.497 e. The molecule has 25 heavy (non-hydrogen) atoms. The third kappa shape index (κ3) is 4.26. The third-order valence-corrected chi connectivity index (χ3v) is 3.90. The number of amides is 2. The summed E-state index contributed by atoms with van der Waals surface area (Å²) in [5, 5.41) is 0. The summed E-state index contributed by atoms with van der Waals surface area (Å²) in [4.78, 5) is 25.1. The molecule has 2 amide bonds. The fraction of sp³-hybridized carbons (Fsp3) is 0.200. The van der Waals surface area contributed by atoms with E-state index in [-0.39, 0.29) is 31.2 Å². The molecule has 3 rings (SSSR count). The molecule has 0 saturated carbocycles. The minimum atomic E-state index is -0.165. The van der Waals surface area contributed by atoms with Crippen LogP contribution in [0.3, 0.4) is 0 Å². The molecule has 1 saturated heterocycles. The van der Waals surface area contributed by atoms with Crippen LogP contribution in [0, 0.1) is 0 Å². The SMILES string of the molecule is COc1ccc(O/C(=C\c2ccccc2)CN2C(=O)CCC2=O)cc1. The molecule has 0 aromatic heterocycles. The predicted molar refractivity (Wildman–Crippen MR) is 94.0 cm³/mol. The summed E-state index contributed by atoms with van der Waals surface area (Å²) in [5.74, 6) is 1.54. The highest BCUT2D eigenvalue weighted by atomic mass is 16.5. The van der Waals surface area contributed by atoms with Crippen molar-refractivity contribution in [1.82, 2.24) is 4.90 Å². The lowest BCUT2D eigenvalue weighted by Crippen LogP contribution is -2.32. The number of benzene rings is 2. The number of ether oxygens (including phenoxy) is 2.